The number of aromatic nitrogens is 1. The number of amides is 1. The molecular formula is C21H23Cl3N4OS. The number of rotatable bonds is 5. The number of nitrogens with one attached hydrogen (secondary N) is 3. The highest BCUT2D eigenvalue weighted by atomic mass is 35.6. The smallest absolute Gasteiger partial charge is 0.245 e. The number of anilines is 1. The number of hydrogen-bond donors (Lipinski definition) is 3. The zero-order chi connectivity index (χ0) is 21.6. The molecule has 1 aliphatic carbocycles. The minimum absolute atomic E-state index is 0.195. The molecule has 1 saturated carbocycles. The van der Waals surface area contributed by atoms with Gasteiger partial charge in [0.2, 0.25) is 9.70 Å². The molecule has 30 heavy (non-hydrogen) atoms. The molecule has 1 amide bonds. The standard InChI is InChI=1S/C21H23Cl3N4OS/c22-21(23,24)19(27-17(29)12-11-14-6-2-1-3-7-14)28-20(30)26-16-10-4-8-15-9-5-13-25-18(15)16/h4-5,8-14,19H,1-3,6-7H2,(H,27,29)(H2,26,28,30)/b12-11+. The molecule has 3 rings (SSSR count). The monoisotopic (exact) mass is 484 g/mol. The van der Waals surface area contributed by atoms with Crippen LogP contribution in [0.1, 0.15) is 32.1 Å². The van der Waals surface area contributed by atoms with Crippen molar-refractivity contribution in [3.05, 3.63) is 48.7 Å². The van der Waals surface area contributed by atoms with Crippen LogP contribution in [0.4, 0.5) is 5.69 Å². The molecule has 0 bridgehead atoms. The highest BCUT2D eigenvalue weighted by Crippen LogP contribution is 2.29. The Morgan fingerprint density at radius 1 is 1.13 bits per heavy atom. The maximum Gasteiger partial charge on any atom is 0.245 e. The SMILES string of the molecule is O=C(/C=C/C1CCCCC1)NC(NC(=S)Nc1cccc2cccnc12)C(Cl)(Cl)Cl. The number of carbonyl (C=O) groups excluding carboxylic acids is 1. The average molecular weight is 486 g/mol. The summed E-state index contributed by atoms with van der Waals surface area (Å²) in [4.78, 5) is 16.7. The van der Waals surface area contributed by atoms with Crippen LogP contribution >= 0.6 is 47.0 Å². The lowest BCUT2D eigenvalue weighted by Crippen LogP contribution is -2.55. The van der Waals surface area contributed by atoms with E-state index in [1.54, 1.807) is 6.20 Å². The van der Waals surface area contributed by atoms with Crippen molar-refractivity contribution in [3.63, 3.8) is 0 Å². The number of alkyl halides is 3. The first-order chi connectivity index (χ1) is 14.3. The van der Waals surface area contributed by atoms with E-state index in [2.05, 4.69) is 20.9 Å². The number of carbonyl (C=O) groups is 1. The lowest BCUT2D eigenvalue weighted by molar-refractivity contribution is -0.117. The Bertz CT molecular complexity index is 921. The predicted octanol–water partition coefficient (Wildman–Crippen LogP) is 5.47. The summed E-state index contributed by atoms with van der Waals surface area (Å²) in [5.41, 5.74) is 1.46. The van der Waals surface area contributed by atoms with Crippen molar-refractivity contribution in [2.45, 2.75) is 42.1 Å². The Kier molecular flexibility index (Phi) is 8.17. The first-order valence-electron chi connectivity index (χ1n) is 9.79. The fraction of sp³-hybridized carbons (Fsp3) is 0.381. The number of para-hydroxylation sites is 1. The molecule has 1 aliphatic rings. The number of hydrogen-bond acceptors (Lipinski definition) is 3. The van der Waals surface area contributed by atoms with Crippen molar-refractivity contribution in [2.75, 3.05) is 5.32 Å². The van der Waals surface area contributed by atoms with Crippen LogP contribution in [0, 0.1) is 5.92 Å². The molecule has 5 nitrogen and oxygen atoms in total. The summed E-state index contributed by atoms with van der Waals surface area (Å²) < 4.78 is -1.81. The second kappa shape index (κ2) is 10.6. The number of pyridine rings is 1. The second-order valence-corrected chi connectivity index (χ2v) is 10.00. The highest BCUT2D eigenvalue weighted by Gasteiger charge is 2.34. The van der Waals surface area contributed by atoms with Gasteiger partial charge in [-0.3, -0.25) is 9.78 Å². The van der Waals surface area contributed by atoms with Crippen LogP contribution < -0.4 is 16.0 Å². The normalized spacial score (nSPS) is 16.4. The quantitative estimate of drug-likeness (QED) is 0.227. The summed E-state index contributed by atoms with van der Waals surface area (Å²) in [7, 11) is 0. The van der Waals surface area contributed by atoms with E-state index in [0.717, 1.165) is 23.7 Å². The van der Waals surface area contributed by atoms with Crippen molar-refractivity contribution in [2.24, 2.45) is 5.92 Å². The van der Waals surface area contributed by atoms with Gasteiger partial charge in [-0.25, -0.2) is 0 Å². The Labute approximate surface area is 196 Å². The number of allylic oxidation sites excluding steroid dienone is 1. The molecule has 0 aliphatic heterocycles. The maximum absolute atomic E-state index is 12.4. The largest absolute Gasteiger partial charge is 0.339 e. The summed E-state index contributed by atoms with van der Waals surface area (Å²) in [5.74, 6) is 0.0734. The molecule has 1 atom stereocenters. The molecule has 1 aromatic heterocycles. The molecule has 1 fully saturated rings. The summed E-state index contributed by atoms with van der Waals surface area (Å²) >= 11 is 23.6. The van der Waals surface area contributed by atoms with Crippen LogP contribution in [0.15, 0.2) is 48.7 Å². The first-order valence-corrected chi connectivity index (χ1v) is 11.3. The molecule has 3 N–H and O–H groups in total. The third-order valence-electron chi connectivity index (χ3n) is 4.94. The van der Waals surface area contributed by atoms with Crippen molar-refractivity contribution in [1.29, 1.82) is 0 Å². The van der Waals surface area contributed by atoms with Crippen molar-refractivity contribution in [3.8, 4) is 0 Å². The second-order valence-electron chi connectivity index (χ2n) is 7.22. The molecule has 160 valence electrons. The van der Waals surface area contributed by atoms with Crippen LogP contribution in [-0.4, -0.2) is 26.0 Å². The van der Waals surface area contributed by atoms with Gasteiger partial charge in [-0.15, -0.1) is 0 Å². The zero-order valence-electron chi connectivity index (χ0n) is 16.2. The fourth-order valence-electron chi connectivity index (χ4n) is 3.43. The molecule has 9 heteroatoms. The third kappa shape index (κ3) is 6.71. The summed E-state index contributed by atoms with van der Waals surface area (Å²) in [6.45, 7) is 0. The van der Waals surface area contributed by atoms with Gasteiger partial charge in [0.15, 0.2) is 5.11 Å². The van der Waals surface area contributed by atoms with E-state index in [4.69, 9.17) is 47.0 Å². The number of halogens is 3. The Morgan fingerprint density at radius 2 is 1.87 bits per heavy atom. The highest BCUT2D eigenvalue weighted by molar-refractivity contribution is 7.80. The van der Waals surface area contributed by atoms with E-state index in [1.165, 1.54) is 25.3 Å². The van der Waals surface area contributed by atoms with E-state index in [1.807, 2.05) is 36.4 Å². The zero-order valence-corrected chi connectivity index (χ0v) is 19.3. The predicted molar refractivity (Wildman–Crippen MR) is 129 cm³/mol. The van der Waals surface area contributed by atoms with Crippen molar-refractivity contribution in [1.82, 2.24) is 15.6 Å². The molecule has 0 saturated heterocycles. The first kappa shape index (κ1) is 23.1. The van der Waals surface area contributed by atoms with E-state index < -0.39 is 9.96 Å². The fourth-order valence-corrected chi connectivity index (χ4v) is 3.99. The van der Waals surface area contributed by atoms with Crippen molar-refractivity contribution >= 4 is 74.6 Å². The minimum atomic E-state index is -1.81. The Balaban J connectivity index is 1.63. The third-order valence-corrected chi connectivity index (χ3v) is 5.81. The van der Waals surface area contributed by atoms with Gasteiger partial charge >= 0.3 is 0 Å². The van der Waals surface area contributed by atoms with Gasteiger partial charge in [0.05, 0.1) is 11.2 Å². The average Bonchev–Trinajstić information content (AvgIpc) is 2.72. The molecule has 1 aromatic carbocycles. The van der Waals surface area contributed by atoms with E-state index in [9.17, 15) is 4.79 Å². The molecule has 1 heterocycles. The van der Waals surface area contributed by atoms with Gasteiger partial charge < -0.3 is 16.0 Å². The summed E-state index contributed by atoms with van der Waals surface area (Å²) in [6, 6.07) is 9.50. The molecular weight excluding hydrogens is 463 g/mol. The van der Waals surface area contributed by atoms with E-state index in [-0.39, 0.29) is 11.0 Å². The molecule has 0 spiro atoms. The van der Waals surface area contributed by atoms with Gasteiger partial charge in [-0.05, 0) is 49.2 Å². The van der Waals surface area contributed by atoms with E-state index >= 15 is 0 Å². The summed E-state index contributed by atoms with van der Waals surface area (Å²) in [5, 5.41) is 9.76. The van der Waals surface area contributed by atoms with Crippen LogP contribution in [0.25, 0.3) is 10.9 Å². The van der Waals surface area contributed by atoms with Crippen LogP contribution in [-0.2, 0) is 4.79 Å². The Hall–Kier alpha value is -1.60. The minimum Gasteiger partial charge on any atom is -0.339 e. The number of thiocarbonyl (C=S) groups is 1. The Morgan fingerprint density at radius 3 is 2.60 bits per heavy atom. The van der Waals surface area contributed by atoms with Crippen LogP contribution in [0.3, 0.4) is 0 Å². The van der Waals surface area contributed by atoms with Crippen molar-refractivity contribution < 1.29 is 4.79 Å². The van der Waals surface area contributed by atoms with Gasteiger partial charge in [0, 0.05) is 11.6 Å². The van der Waals surface area contributed by atoms with Gasteiger partial charge in [-0.1, -0.05) is 78.3 Å². The number of benzene rings is 1. The molecule has 2 aromatic rings. The van der Waals surface area contributed by atoms with Crippen LogP contribution in [0.5, 0.6) is 0 Å². The number of nitrogens with zero attached hydrogens (tertiary/aromatic N) is 1. The van der Waals surface area contributed by atoms with Gasteiger partial charge in [0.25, 0.3) is 0 Å². The topological polar surface area (TPSA) is 66.1 Å². The molecule has 0 radical (unpaired) electrons. The van der Waals surface area contributed by atoms with Gasteiger partial charge in [0.1, 0.15) is 6.17 Å². The lowest BCUT2D eigenvalue weighted by atomic mass is 9.89. The summed E-state index contributed by atoms with van der Waals surface area (Å²) in [6.07, 6.45) is 9.96. The number of fused-ring (bicyclic) bond motifs is 1. The van der Waals surface area contributed by atoms with Gasteiger partial charge in [-0.2, -0.15) is 0 Å². The molecule has 1 unspecified atom stereocenters. The van der Waals surface area contributed by atoms with Crippen LogP contribution in [0.2, 0.25) is 0 Å². The van der Waals surface area contributed by atoms with E-state index in [0.29, 0.717) is 11.6 Å². The lowest BCUT2D eigenvalue weighted by Gasteiger charge is -2.27. The maximum atomic E-state index is 12.4.